The molecule has 3 rings (SSSR count). The molecule has 0 bridgehead atoms. The van der Waals surface area contributed by atoms with Gasteiger partial charge in [0.2, 0.25) is 0 Å². The summed E-state index contributed by atoms with van der Waals surface area (Å²) in [7, 11) is 0. The van der Waals surface area contributed by atoms with Crippen LogP contribution in [0, 0.1) is 5.92 Å². The molecule has 1 aliphatic heterocycles. The van der Waals surface area contributed by atoms with Crippen LogP contribution < -0.4 is 10.1 Å². The molecule has 2 aliphatic rings. The number of halogens is 1. The number of rotatable bonds is 4. The Balaban J connectivity index is 1.62. The van der Waals surface area contributed by atoms with E-state index in [0.29, 0.717) is 6.04 Å². The van der Waals surface area contributed by atoms with Crippen LogP contribution in [0.2, 0.25) is 0 Å². The first kappa shape index (κ1) is 15.4. The summed E-state index contributed by atoms with van der Waals surface area (Å²) in [5.74, 6) is 1.97. The van der Waals surface area contributed by atoms with Gasteiger partial charge in [-0.2, -0.15) is 0 Å². The maximum Gasteiger partial charge on any atom is 0.127 e. The molecule has 2 nitrogen and oxygen atoms in total. The van der Waals surface area contributed by atoms with Crippen LogP contribution in [-0.2, 0) is 13.0 Å². The van der Waals surface area contributed by atoms with Crippen LogP contribution in [0.5, 0.6) is 5.75 Å². The largest absolute Gasteiger partial charge is 0.493 e. The Labute approximate surface area is 136 Å². The van der Waals surface area contributed by atoms with E-state index in [0.717, 1.165) is 31.2 Å². The van der Waals surface area contributed by atoms with Crippen molar-refractivity contribution in [3.05, 3.63) is 27.7 Å². The second-order valence-corrected chi connectivity index (χ2v) is 7.49. The molecule has 21 heavy (non-hydrogen) atoms. The van der Waals surface area contributed by atoms with E-state index in [-0.39, 0.29) is 0 Å². The minimum absolute atomic E-state index is 0.596. The molecule has 0 spiro atoms. The van der Waals surface area contributed by atoms with E-state index in [2.05, 4.69) is 40.3 Å². The first-order valence-electron chi connectivity index (χ1n) is 8.41. The molecule has 0 amide bonds. The molecular formula is C18H26BrNO. The SMILES string of the molecule is C[C@H](NCc1cc(Br)cc2c1OCC2)C1CCCCCC1. The van der Waals surface area contributed by atoms with E-state index < -0.39 is 0 Å². The van der Waals surface area contributed by atoms with E-state index in [4.69, 9.17) is 4.74 Å². The van der Waals surface area contributed by atoms with Gasteiger partial charge in [-0.1, -0.05) is 41.6 Å². The molecule has 1 heterocycles. The minimum Gasteiger partial charge on any atom is -0.493 e. The summed E-state index contributed by atoms with van der Waals surface area (Å²) < 4.78 is 6.99. The van der Waals surface area contributed by atoms with Crippen molar-refractivity contribution in [1.82, 2.24) is 5.32 Å². The van der Waals surface area contributed by atoms with Gasteiger partial charge in [-0.3, -0.25) is 0 Å². The zero-order valence-electron chi connectivity index (χ0n) is 13.0. The molecule has 0 unspecified atom stereocenters. The lowest BCUT2D eigenvalue weighted by Gasteiger charge is -2.24. The maximum atomic E-state index is 5.82. The molecule has 1 fully saturated rings. The van der Waals surface area contributed by atoms with Gasteiger partial charge < -0.3 is 10.1 Å². The molecule has 1 N–H and O–H groups in total. The average molecular weight is 352 g/mol. The fourth-order valence-corrected chi connectivity index (χ4v) is 4.28. The van der Waals surface area contributed by atoms with Crippen LogP contribution in [0.3, 0.4) is 0 Å². The summed E-state index contributed by atoms with van der Waals surface area (Å²) in [5, 5.41) is 3.75. The van der Waals surface area contributed by atoms with Crippen LogP contribution in [0.1, 0.15) is 56.6 Å². The fourth-order valence-electron chi connectivity index (χ4n) is 3.73. The quantitative estimate of drug-likeness (QED) is 0.784. The van der Waals surface area contributed by atoms with Crippen molar-refractivity contribution in [1.29, 1.82) is 0 Å². The Morgan fingerprint density at radius 3 is 2.76 bits per heavy atom. The predicted octanol–water partition coefficient (Wildman–Crippen LogP) is 4.83. The first-order valence-corrected chi connectivity index (χ1v) is 9.21. The van der Waals surface area contributed by atoms with Crippen molar-refractivity contribution in [2.24, 2.45) is 5.92 Å². The predicted molar refractivity (Wildman–Crippen MR) is 90.8 cm³/mol. The summed E-state index contributed by atoms with van der Waals surface area (Å²) in [6.45, 7) is 4.10. The second-order valence-electron chi connectivity index (χ2n) is 6.57. The highest BCUT2D eigenvalue weighted by molar-refractivity contribution is 9.10. The zero-order chi connectivity index (χ0) is 14.7. The summed E-state index contributed by atoms with van der Waals surface area (Å²) in [6.07, 6.45) is 9.49. The van der Waals surface area contributed by atoms with E-state index in [1.807, 2.05) is 0 Å². The van der Waals surface area contributed by atoms with Crippen LogP contribution >= 0.6 is 15.9 Å². The number of ether oxygens (including phenoxy) is 1. The number of benzene rings is 1. The molecule has 1 aromatic carbocycles. The molecule has 1 aromatic rings. The van der Waals surface area contributed by atoms with E-state index in [1.165, 1.54) is 54.1 Å². The zero-order valence-corrected chi connectivity index (χ0v) is 14.5. The van der Waals surface area contributed by atoms with Crippen molar-refractivity contribution in [3.63, 3.8) is 0 Å². The molecule has 0 radical (unpaired) electrons. The van der Waals surface area contributed by atoms with Gasteiger partial charge in [-0.15, -0.1) is 0 Å². The molecular weight excluding hydrogens is 326 g/mol. The van der Waals surface area contributed by atoms with Crippen molar-refractivity contribution in [2.45, 2.75) is 64.5 Å². The van der Waals surface area contributed by atoms with Gasteiger partial charge in [0.25, 0.3) is 0 Å². The van der Waals surface area contributed by atoms with Crippen molar-refractivity contribution in [2.75, 3.05) is 6.61 Å². The highest BCUT2D eigenvalue weighted by Crippen LogP contribution is 2.33. The summed E-state index contributed by atoms with van der Waals surface area (Å²) in [4.78, 5) is 0. The van der Waals surface area contributed by atoms with Crippen LogP contribution in [-0.4, -0.2) is 12.6 Å². The van der Waals surface area contributed by atoms with Crippen molar-refractivity contribution < 1.29 is 4.74 Å². The average Bonchev–Trinajstić information content (AvgIpc) is 2.77. The molecule has 1 aliphatic carbocycles. The van der Waals surface area contributed by atoms with Crippen LogP contribution in [0.15, 0.2) is 16.6 Å². The molecule has 3 heteroatoms. The minimum atomic E-state index is 0.596. The van der Waals surface area contributed by atoms with Gasteiger partial charge in [0, 0.05) is 29.0 Å². The van der Waals surface area contributed by atoms with Crippen LogP contribution in [0.4, 0.5) is 0 Å². The number of hydrogen-bond donors (Lipinski definition) is 1. The molecule has 1 saturated carbocycles. The molecule has 1 atom stereocenters. The third kappa shape index (κ3) is 3.81. The smallest absolute Gasteiger partial charge is 0.127 e. The highest BCUT2D eigenvalue weighted by Gasteiger charge is 2.21. The Kier molecular flexibility index (Phi) is 5.23. The van der Waals surface area contributed by atoms with Gasteiger partial charge in [-0.25, -0.2) is 0 Å². The second kappa shape index (κ2) is 7.15. The first-order chi connectivity index (χ1) is 10.2. The Morgan fingerprint density at radius 2 is 2.00 bits per heavy atom. The lowest BCUT2D eigenvalue weighted by atomic mass is 9.93. The Bertz CT molecular complexity index is 480. The lowest BCUT2D eigenvalue weighted by molar-refractivity contribution is 0.329. The van der Waals surface area contributed by atoms with Crippen molar-refractivity contribution in [3.8, 4) is 5.75 Å². The number of hydrogen-bond acceptors (Lipinski definition) is 2. The highest BCUT2D eigenvalue weighted by atomic mass is 79.9. The Hall–Kier alpha value is -0.540. The topological polar surface area (TPSA) is 21.3 Å². The normalized spacial score (nSPS) is 20.7. The molecule has 0 saturated heterocycles. The lowest BCUT2D eigenvalue weighted by Crippen LogP contribution is -2.33. The van der Waals surface area contributed by atoms with E-state index in [9.17, 15) is 0 Å². The van der Waals surface area contributed by atoms with Gasteiger partial charge in [0.1, 0.15) is 5.75 Å². The third-order valence-electron chi connectivity index (χ3n) is 5.05. The summed E-state index contributed by atoms with van der Waals surface area (Å²) in [6, 6.07) is 5.00. The number of nitrogens with one attached hydrogen (secondary N) is 1. The number of fused-ring (bicyclic) bond motifs is 1. The monoisotopic (exact) mass is 351 g/mol. The maximum absolute atomic E-state index is 5.82. The summed E-state index contributed by atoms with van der Waals surface area (Å²) >= 11 is 3.63. The van der Waals surface area contributed by atoms with Gasteiger partial charge in [0.15, 0.2) is 0 Å². The van der Waals surface area contributed by atoms with Crippen molar-refractivity contribution >= 4 is 15.9 Å². The standard InChI is InChI=1S/C18H26BrNO/c1-13(14-6-4-2-3-5-7-14)20-12-16-11-17(19)10-15-8-9-21-18(15)16/h10-11,13-14,20H,2-9,12H2,1H3/t13-/m0/s1. The Morgan fingerprint density at radius 1 is 1.24 bits per heavy atom. The van der Waals surface area contributed by atoms with E-state index >= 15 is 0 Å². The molecule has 0 aromatic heterocycles. The van der Waals surface area contributed by atoms with Gasteiger partial charge in [0.05, 0.1) is 6.61 Å². The third-order valence-corrected chi connectivity index (χ3v) is 5.50. The van der Waals surface area contributed by atoms with E-state index in [1.54, 1.807) is 0 Å². The molecule has 116 valence electrons. The van der Waals surface area contributed by atoms with Crippen LogP contribution in [0.25, 0.3) is 0 Å². The summed E-state index contributed by atoms with van der Waals surface area (Å²) in [5.41, 5.74) is 2.65. The van der Waals surface area contributed by atoms with Gasteiger partial charge in [-0.05, 0) is 43.4 Å². The fraction of sp³-hybridized carbons (Fsp3) is 0.667. The van der Waals surface area contributed by atoms with Gasteiger partial charge >= 0.3 is 0 Å².